The Labute approximate surface area is 108 Å². The van der Waals surface area contributed by atoms with E-state index in [4.69, 9.17) is 10.00 Å². The summed E-state index contributed by atoms with van der Waals surface area (Å²) in [6, 6.07) is 12.0. The smallest absolute Gasteiger partial charge is 0.248 e. The van der Waals surface area contributed by atoms with Gasteiger partial charge in [0.25, 0.3) is 0 Å². The summed E-state index contributed by atoms with van der Waals surface area (Å²) in [7, 11) is 1.68. The van der Waals surface area contributed by atoms with Crippen LogP contribution in [0.4, 0.5) is 0 Å². The fourth-order valence-corrected chi connectivity index (χ4v) is 1.45. The van der Waals surface area contributed by atoms with Crippen molar-refractivity contribution in [3.8, 4) is 6.07 Å². The Bertz CT molecular complexity index is 398. The maximum Gasteiger partial charge on any atom is 0.248 e. The van der Waals surface area contributed by atoms with Crippen LogP contribution in [0.5, 0.6) is 0 Å². The van der Waals surface area contributed by atoms with Crippen LogP contribution in [-0.4, -0.2) is 37.6 Å². The molecule has 1 aromatic carbocycles. The highest BCUT2D eigenvalue weighted by molar-refractivity contribution is 5.77. The number of hydrogen-bond donors (Lipinski definition) is 0. The minimum atomic E-state index is -0.0849. The van der Waals surface area contributed by atoms with Crippen LogP contribution in [0.25, 0.3) is 0 Å². The number of rotatable bonds is 7. The van der Waals surface area contributed by atoms with Gasteiger partial charge in [0.05, 0.1) is 19.1 Å². The quantitative estimate of drug-likeness (QED) is 0.687. The van der Waals surface area contributed by atoms with E-state index in [2.05, 4.69) is 0 Å². The largest absolute Gasteiger partial charge is 0.371 e. The van der Waals surface area contributed by atoms with Crippen molar-refractivity contribution in [1.29, 1.82) is 5.26 Å². The third-order valence-corrected chi connectivity index (χ3v) is 2.59. The first-order valence-electron chi connectivity index (χ1n) is 5.96. The van der Waals surface area contributed by atoms with E-state index in [0.717, 1.165) is 6.42 Å². The molecule has 1 aromatic rings. The van der Waals surface area contributed by atoms with Crippen molar-refractivity contribution >= 4 is 5.91 Å². The number of likely N-dealkylation sites (N-methyl/N-ethyl adjacent to an activating group) is 1. The van der Waals surface area contributed by atoms with E-state index in [1.807, 2.05) is 36.4 Å². The number of amides is 1. The highest BCUT2D eigenvalue weighted by Crippen LogP contribution is 1.99. The molecule has 4 nitrogen and oxygen atoms in total. The predicted molar refractivity (Wildman–Crippen MR) is 68.8 cm³/mol. The van der Waals surface area contributed by atoms with E-state index in [9.17, 15) is 4.79 Å². The fourth-order valence-electron chi connectivity index (χ4n) is 1.45. The van der Waals surface area contributed by atoms with Gasteiger partial charge in [-0.15, -0.1) is 0 Å². The van der Waals surface area contributed by atoms with Crippen LogP contribution in [0.1, 0.15) is 12.0 Å². The zero-order valence-electron chi connectivity index (χ0n) is 10.6. The normalized spacial score (nSPS) is 9.78. The second-order valence-electron chi connectivity index (χ2n) is 4.01. The molecule has 18 heavy (non-hydrogen) atoms. The minimum absolute atomic E-state index is 0.0781. The third-order valence-electron chi connectivity index (χ3n) is 2.59. The van der Waals surface area contributed by atoms with E-state index in [1.54, 1.807) is 7.05 Å². The molecule has 0 unspecified atom stereocenters. The Morgan fingerprint density at radius 2 is 2.11 bits per heavy atom. The Balaban J connectivity index is 2.14. The van der Waals surface area contributed by atoms with Crippen LogP contribution in [-0.2, 0) is 16.0 Å². The summed E-state index contributed by atoms with van der Waals surface area (Å²) in [5.74, 6) is -0.0849. The van der Waals surface area contributed by atoms with Crippen molar-refractivity contribution in [3.05, 3.63) is 35.9 Å². The van der Waals surface area contributed by atoms with E-state index >= 15 is 0 Å². The van der Waals surface area contributed by atoms with Gasteiger partial charge in [-0.05, 0) is 12.0 Å². The van der Waals surface area contributed by atoms with Crippen molar-refractivity contribution < 1.29 is 9.53 Å². The second-order valence-corrected chi connectivity index (χ2v) is 4.01. The van der Waals surface area contributed by atoms with Gasteiger partial charge in [0.15, 0.2) is 0 Å². The lowest BCUT2D eigenvalue weighted by Gasteiger charge is -2.15. The molecule has 4 heteroatoms. The molecule has 0 aliphatic heterocycles. The molecule has 0 bridgehead atoms. The highest BCUT2D eigenvalue weighted by atomic mass is 16.5. The lowest BCUT2D eigenvalue weighted by atomic mass is 10.2. The molecular weight excluding hydrogens is 228 g/mol. The molecule has 0 radical (unpaired) electrons. The van der Waals surface area contributed by atoms with Gasteiger partial charge in [0.2, 0.25) is 5.91 Å². The fraction of sp³-hybridized carbons (Fsp3) is 0.429. The molecule has 0 heterocycles. The van der Waals surface area contributed by atoms with Gasteiger partial charge >= 0.3 is 0 Å². The average Bonchev–Trinajstić information content (AvgIpc) is 2.41. The molecule has 0 aliphatic carbocycles. The van der Waals surface area contributed by atoms with Gasteiger partial charge in [-0.1, -0.05) is 30.3 Å². The molecule has 1 rings (SSSR count). The molecule has 0 saturated carbocycles. The zero-order valence-corrected chi connectivity index (χ0v) is 10.6. The van der Waals surface area contributed by atoms with Crippen LogP contribution in [0.2, 0.25) is 0 Å². The van der Waals surface area contributed by atoms with Crippen molar-refractivity contribution in [2.45, 2.75) is 12.8 Å². The number of carbonyl (C=O) groups is 1. The molecule has 96 valence electrons. The van der Waals surface area contributed by atoms with Gasteiger partial charge < -0.3 is 9.64 Å². The Morgan fingerprint density at radius 3 is 2.78 bits per heavy atom. The van der Waals surface area contributed by atoms with E-state index in [1.165, 1.54) is 10.5 Å². The number of nitriles is 1. The first kappa shape index (κ1) is 14.2. The summed E-state index contributed by atoms with van der Waals surface area (Å²) >= 11 is 0. The molecular formula is C14H18N2O2. The summed E-state index contributed by atoms with van der Waals surface area (Å²) in [4.78, 5) is 13.1. The molecule has 0 atom stereocenters. The first-order valence-corrected chi connectivity index (χ1v) is 5.96. The maximum atomic E-state index is 11.6. The number of ether oxygens (including phenoxy) is 1. The van der Waals surface area contributed by atoms with E-state index < -0.39 is 0 Å². The molecule has 0 aliphatic rings. The van der Waals surface area contributed by atoms with E-state index in [-0.39, 0.29) is 12.5 Å². The SMILES string of the molecule is CN(CCC#N)C(=O)COCCc1ccccc1. The molecule has 0 spiro atoms. The van der Waals surface area contributed by atoms with Crippen LogP contribution < -0.4 is 0 Å². The topological polar surface area (TPSA) is 53.3 Å². The first-order chi connectivity index (χ1) is 8.74. The van der Waals surface area contributed by atoms with Crippen molar-refractivity contribution in [2.24, 2.45) is 0 Å². The van der Waals surface area contributed by atoms with Crippen molar-refractivity contribution in [3.63, 3.8) is 0 Å². The third kappa shape index (κ3) is 5.46. The lowest BCUT2D eigenvalue weighted by molar-refractivity contribution is -0.134. The van der Waals surface area contributed by atoms with Gasteiger partial charge in [-0.25, -0.2) is 0 Å². The van der Waals surface area contributed by atoms with Crippen molar-refractivity contribution in [1.82, 2.24) is 4.90 Å². The molecule has 0 fully saturated rings. The monoisotopic (exact) mass is 246 g/mol. The molecule has 0 saturated heterocycles. The second kappa shape index (κ2) is 8.26. The van der Waals surface area contributed by atoms with Crippen LogP contribution in [0, 0.1) is 11.3 Å². The van der Waals surface area contributed by atoms with Crippen LogP contribution >= 0.6 is 0 Å². The zero-order chi connectivity index (χ0) is 13.2. The molecule has 0 aromatic heterocycles. The van der Waals surface area contributed by atoms with Gasteiger partial charge in [-0.3, -0.25) is 4.79 Å². The predicted octanol–water partition coefficient (Wildman–Crippen LogP) is 1.62. The summed E-state index contributed by atoms with van der Waals surface area (Å²) < 4.78 is 5.33. The lowest BCUT2D eigenvalue weighted by Crippen LogP contribution is -2.31. The number of benzene rings is 1. The summed E-state index contributed by atoms with van der Waals surface area (Å²) in [5, 5.41) is 8.42. The molecule has 0 N–H and O–H groups in total. The van der Waals surface area contributed by atoms with Crippen LogP contribution in [0.15, 0.2) is 30.3 Å². The van der Waals surface area contributed by atoms with Gasteiger partial charge in [0.1, 0.15) is 6.61 Å². The van der Waals surface area contributed by atoms with Gasteiger partial charge in [-0.2, -0.15) is 5.26 Å². The van der Waals surface area contributed by atoms with E-state index in [0.29, 0.717) is 19.6 Å². The minimum Gasteiger partial charge on any atom is -0.371 e. The van der Waals surface area contributed by atoms with Gasteiger partial charge in [0, 0.05) is 13.6 Å². The van der Waals surface area contributed by atoms with Crippen LogP contribution in [0.3, 0.4) is 0 Å². The number of nitrogens with zero attached hydrogens (tertiary/aromatic N) is 2. The number of hydrogen-bond acceptors (Lipinski definition) is 3. The maximum absolute atomic E-state index is 11.6. The number of carbonyl (C=O) groups excluding carboxylic acids is 1. The Hall–Kier alpha value is -1.86. The van der Waals surface area contributed by atoms with Crippen molar-refractivity contribution in [2.75, 3.05) is 26.8 Å². The summed E-state index contributed by atoms with van der Waals surface area (Å²) in [5.41, 5.74) is 1.20. The molecule has 1 amide bonds. The summed E-state index contributed by atoms with van der Waals surface area (Å²) in [6.07, 6.45) is 1.16. The Kier molecular flexibility index (Phi) is 6.52. The highest BCUT2D eigenvalue weighted by Gasteiger charge is 2.07. The Morgan fingerprint density at radius 1 is 1.39 bits per heavy atom. The standard InChI is InChI=1S/C14H18N2O2/c1-16(10-5-9-15)14(17)12-18-11-8-13-6-3-2-4-7-13/h2-4,6-7H,5,8,10-12H2,1H3. The average molecular weight is 246 g/mol. The summed E-state index contributed by atoms with van der Waals surface area (Å²) in [6.45, 7) is 1.06.